The van der Waals surface area contributed by atoms with Crippen molar-refractivity contribution in [1.29, 1.82) is 0 Å². The first-order valence-electron chi connectivity index (χ1n) is 11.7. The summed E-state index contributed by atoms with van der Waals surface area (Å²) >= 11 is 0. The van der Waals surface area contributed by atoms with Crippen LogP contribution in [0.3, 0.4) is 0 Å². The van der Waals surface area contributed by atoms with Crippen LogP contribution in [0.1, 0.15) is 56.1 Å². The maximum Gasteiger partial charge on any atom is 0.407 e. The maximum atomic E-state index is 12.8. The largest absolute Gasteiger partial charge is 0.480 e. The van der Waals surface area contributed by atoms with E-state index < -0.39 is 30.1 Å². The van der Waals surface area contributed by atoms with Gasteiger partial charge in [-0.05, 0) is 41.5 Å². The lowest BCUT2D eigenvalue weighted by molar-refractivity contribution is -0.142. The van der Waals surface area contributed by atoms with Gasteiger partial charge in [-0.15, -0.1) is 6.58 Å². The quantitative estimate of drug-likeness (QED) is 0.398. The van der Waals surface area contributed by atoms with Crippen molar-refractivity contribution in [3.8, 4) is 11.1 Å². The second-order valence-electron chi connectivity index (χ2n) is 8.43. The number of allylic oxidation sites excluding steroid dienone is 1. The van der Waals surface area contributed by atoms with Crippen molar-refractivity contribution in [2.45, 2.75) is 57.0 Å². The number of alkyl carbamates (subject to hydrolysis) is 1. The average Bonchev–Trinajstić information content (AvgIpc) is 3.16. The van der Waals surface area contributed by atoms with E-state index in [1.807, 2.05) is 43.3 Å². The molecule has 0 bridgehead atoms. The van der Waals surface area contributed by atoms with Gasteiger partial charge in [0.1, 0.15) is 18.7 Å². The van der Waals surface area contributed by atoms with Gasteiger partial charge in [0.15, 0.2) is 0 Å². The Morgan fingerprint density at radius 3 is 2.18 bits per heavy atom. The van der Waals surface area contributed by atoms with Crippen LogP contribution in [0.4, 0.5) is 4.79 Å². The second-order valence-corrected chi connectivity index (χ2v) is 8.43. The minimum atomic E-state index is -1.12. The molecule has 2 aromatic carbocycles. The number of hydrogen-bond acceptors (Lipinski definition) is 4. The van der Waals surface area contributed by atoms with E-state index in [-0.39, 0.29) is 18.9 Å². The van der Waals surface area contributed by atoms with Gasteiger partial charge >= 0.3 is 12.1 Å². The predicted molar refractivity (Wildman–Crippen MR) is 131 cm³/mol. The molecule has 0 saturated heterocycles. The highest BCUT2D eigenvalue weighted by Crippen LogP contribution is 2.44. The molecule has 0 radical (unpaired) electrons. The van der Waals surface area contributed by atoms with Crippen molar-refractivity contribution >= 4 is 18.0 Å². The Labute approximate surface area is 200 Å². The van der Waals surface area contributed by atoms with Crippen molar-refractivity contribution < 1.29 is 24.2 Å². The molecule has 2 unspecified atom stereocenters. The van der Waals surface area contributed by atoms with Crippen molar-refractivity contribution in [1.82, 2.24) is 10.6 Å². The molecular weight excluding hydrogens is 432 g/mol. The molecule has 3 rings (SSSR count). The molecule has 7 nitrogen and oxygen atoms in total. The molecule has 0 saturated carbocycles. The zero-order valence-corrected chi connectivity index (χ0v) is 19.5. The molecule has 0 spiro atoms. The van der Waals surface area contributed by atoms with E-state index >= 15 is 0 Å². The van der Waals surface area contributed by atoms with Crippen molar-refractivity contribution in [3.05, 3.63) is 72.3 Å². The van der Waals surface area contributed by atoms with Gasteiger partial charge in [0, 0.05) is 5.92 Å². The van der Waals surface area contributed by atoms with E-state index in [1.54, 1.807) is 6.08 Å². The fraction of sp³-hybridized carbons (Fsp3) is 0.370. The van der Waals surface area contributed by atoms with Crippen LogP contribution >= 0.6 is 0 Å². The zero-order chi connectivity index (χ0) is 24.5. The highest BCUT2D eigenvalue weighted by Gasteiger charge is 2.30. The summed E-state index contributed by atoms with van der Waals surface area (Å²) in [7, 11) is 0. The van der Waals surface area contributed by atoms with Crippen LogP contribution in [-0.2, 0) is 14.3 Å². The number of amides is 2. The van der Waals surface area contributed by atoms with Crippen LogP contribution in [-0.4, -0.2) is 41.8 Å². The minimum absolute atomic E-state index is 0.0867. The lowest BCUT2D eigenvalue weighted by atomic mass is 9.98. The third-order valence-electron chi connectivity index (χ3n) is 6.07. The normalized spacial score (nSPS) is 13.8. The standard InChI is InChI=1S/C27H32N2O5/c1-3-5-15-23(25(30)28-24(26(31)32)16-6-4-2)29-27(33)34-17-22-20-13-9-7-11-18(20)19-12-8-10-14-21(19)22/h4,7-14,22-24H,2-3,5-6,15-17H2,1H3,(H,28,30)(H,29,33)(H,31,32). The highest BCUT2D eigenvalue weighted by atomic mass is 16.5. The Bertz CT molecular complexity index is 990. The van der Waals surface area contributed by atoms with Crippen molar-refractivity contribution in [2.24, 2.45) is 0 Å². The van der Waals surface area contributed by atoms with Crippen LogP contribution < -0.4 is 10.6 Å². The number of carboxylic acid groups (broad SMARTS) is 1. The van der Waals surface area contributed by atoms with E-state index in [0.717, 1.165) is 28.7 Å². The van der Waals surface area contributed by atoms with Crippen LogP contribution in [0, 0.1) is 0 Å². The number of benzene rings is 2. The molecule has 7 heteroatoms. The van der Waals surface area contributed by atoms with E-state index in [1.165, 1.54) is 0 Å². The first-order valence-corrected chi connectivity index (χ1v) is 11.7. The predicted octanol–water partition coefficient (Wildman–Crippen LogP) is 4.62. The van der Waals surface area contributed by atoms with Gasteiger partial charge in [-0.25, -0.2) is 9.59 Å². The number of carbonyl (C=O) groups is 3. The molecule has 1 aliphatic rings. The van der Waals surface area contributed by atoms with Crippen LogP contribution in [0.5, 0.6) is 0 Å². The summed E-state index contributed by atoms with van der Waals surface area (Å²) in [4.78, 5) is 36.9. The van der Waals surface area contributed by atoms with Crippen LogP contribution in [0.25, 0.3) is 11.1 Å². The number of nitrogens with one attached hydrogen (secondary N) is 2. The maximum absolute atomic E-state index is 12.8. The molecule has 0 aliphatic heterocycles. The number of carbonyl (C=O) groups excluding carboxylic acids is 2. The number of rotatable bonds is 12. The lowest BCUT2D eigenvalue weighted by Gasteiger charge is -2.22. The third kappa shape index (κ3) is 6.04. The van der Waals surface area contributed by atoms with E-state index in [2.05, 4.69) is 29.3 Å². The zero-order valence-electron chi connectivity index (χ0n) is 19.5. The van der Waals surface area contributed by atoms with Gasteiger partial charge in [-0.2, -0.15) is 0 Å². The van der Waals surface area contributed by atoms with E-state index in [0.29, 0.717) is 19.3 Å². The van der Waals surface area contributed by atoms with Gasteiger partial charge in [-0.3, -0.25) is 4.79 Å². The van der Waals surface area contributed by atoms with E-state index in [9.17, 15) is 19.5 Å². The molecule has 180 valence electrons. The molecular formula is C27H32N2O5. The summed E-state index contributed by atoms with van der Waals surface area (Å²) in [5.74, 6) is -1.74. The molecule has 2 atom stereocenters. The van der Waals surface area contributed by atoms with Gasteiger partial charge in [0.2, 0.25) is 5.91 Å². The smallest absolute Gasteiger partial charge is 0.407 e. The number of hydrogen-bond donors (Lipinski definition) is 3. The summed E-state index contributed by atoms with van der Waals surface area (Å²) < 4.78 is 5.56. The summed E-state index contributed by atoms with van der Waals surface area (Å²) in [6.45, 7) is 5.70. The Kier molecular flexibility index (Phi) is 8.85. The number of unbranched alkanes of at least 4 members (excludes halogenated alkanes) is 1. The first-order chi connectivity index (χ1) is 16.5. The monoisotopic (exact) mass is 464 g/mol. The molecule has 34 heavy (non-hydrogen) atoms. The van der Waals surface area contributed by atoms with Gasteiger partial charge in [-0.1, -0.05) is 74.4 Å². The average molecular weight is 465 g/mol. The van der Waals surface area contributed by atoms with Gasteiger partial charge in [0.25, 0.3) is 0 Å². The van der Waals surface area contributed by atoms with Crippen molar-refractivity contribution in [2.75, 3.05) is 6.61 Å². The Hall–Kier alpha value is -3.61. The summed E-state index contributed by atoms with van der Waals surface area (Å²) in [6.07, 6.45) is 3.51. The fourth-order valence-electron chi connectivity index (χ4n) is 4.27. The lowest BCUT2D eigenvalue weighted by Crippen LogP contribution is -2.51. The van der Waals surface area contributed by atoms with Gasteiger partial charge in [0.05, 0.1) is 0 Å². The van der Waals surface area contributed by atoms with Gasteiger partial charge < -0.3 is 20.5 Å². The SMILES string of the molecule is C=CCCC(NC(=O)C(CCCC)NC(=O)OCC1c2ccccc2-c2ccccc21)C(=O)O. The topological polar surface area (TPSA) is 105 Å². The summed E-state index contributed by atoms with van der Waals surface area (Å²) in [6, 6.07) is 14.2. The third-order valence-corrected chi connectivity index (χ3v) is 6.07. The number of ether oxygens (including phenoxy) is 1. The number of fused-ring (bicyclic) bond motifs is 3. The molecule has 2 aromatic rings. The fourth-order valence-corrected chi connectivity index (χ4v) is 4.27. The summed E-state index contributed by atoms with van der Waals surface area (Å²) in [5, 5.41) is 14.6. The first kappa shape index (κ1) is 25.0. The summed E-state index contributed by atoms with van der Waals surface area (Å²) in [5.41, 5.74) is 4.46. The molecule has 0 heterocycles. The van der Waals surface area contributed by atoms with Crippen LogP contribution in [0.2, 0.25) is 0 Å². The molecule has 0 aromatic heterocycles. The number of aliphatic carboxylic acids is 1. The van der Waals surface area contributed by atoms with E-state index in [4.69, 9.17) is 4.74 Å². The second kappa shape index (κ2) is 12.0. The Morgan fingerprint density at radius 2 is 1.62 bits per heavy atom. The molecule has 1 aliphatic carbocycles. The van der Waals surface area contributed by atoms with Crippen molar-refractivity contribution in [3.63, 3.8) is 0 Å². The Balaban J connectivity index is 1.64. The minimum Gasteiger partial charge on any atom is -0.480 e. The highest BCUT2D eigenvalue weighted by molar-refractivity contribution is 5.89. The molecule has 0 fully saturated rings. The molecule has 3 N–H and O–H groups in total. The molecule has 2 amide bonds. The Morgan fingerprint density at radius 1 is 1.00 bits per heavy atom. The van der Waals surface area contributed by atoms with Crippen LogP contribution in [0.15, 0.2) is 61.2 Å². The number of carboxylic acids is 1.